The second kappa shape index (κ2) is 3.88. The molecule has 0 N–H and O–H groups in total. The Morgan fingerprint density at radius 3 is 2.93 bits per heavy atom. The Balaban J connectivity index is 2.56. The average molecular weight is 200 g/mol. The van der Waals surface area contributed by atoms with Crippen LogP contribution in [0.2, 0.25) is 0 Å². The van der Waals surface area contributed by atoms with E-state index in [1.807, 2.05) is 30.3 Å². The molecule has 0 radical (unpaired) electrons. The van der Waals surface area contributed by atoms with Gasteiger partial charge in [-0.2, -0.15) is 0 Å². The summed E-state index contributed by atoms with van der Waals surface area (Å²) in [6.07, 6.45) is 4.11. The lowest BCUT2D eigenvalue weighted by molar-refractivity contribution is -0.400. The molecule has 1 aromatic heterocycles. The molecule has 1 aromatic carbocycles. The standard InChI is InChI=1S/C11H8N2O2/c14-13(15)8-6-9-3-1-5-11-10(9)4-2-7-12-11/h1-8H. The monoisotopic (exact) mass is 200 g/mol. The molecule has 0 bridgehead atoms. The van der Waals surface area contributed by atoms with Crippen molar-refractivity contribution in [1.29, 1.82) is 0 Å². The van der Waals surface area contributed by atoms with Crippen LogP contribution >= 0.6 is 0 Å². The summed E-state index contributed by atoms with van der Waals surface area (Å²) >= 11 is 0. The average Bonchev–Trinajstić information content (AvgIpc) is 2.26. The molecule has 0 aliphatic carbocycles. The number of benzene rings is 1. The zero-order chi connectivity index (χ0) is 10.7. The van der Waals surface area contributed by atoms with E-state index >= 15 is 0 Å². The number of nitrogens with zero attached hydrogens (tertiary/aromatic N) is 2. The molecule has 0 fully saturated rings. The van der Waals surface area contributed by atoms with Crippen LogP contribution in [0.25, 0.3) is 17.0 Å². The van der Waals surface area contributed by atoms with Crippen molar-refractivity contribution in [2.45, 2.75) is 0 Å². The first-order valence-corrected chi connectivity index (χ1v) is 4.43. The third kappa shape index (κ3) is 1.99. The van der Waals surface area contributed by atoms with Gasteiger partial charge in [0.15, 0.2) is 0 Å². The van der Waals surface area contributed by atoms with E-state index in [0.717, 1.165) is 22.7 Å². The Kier molecular flexibility index (Phi) is 2.41. The van der Waals surface area contributed by atoms with Crippen LogP contribution in [0.1, 0.15) is 5.56 Å². The lowest BCUT2D eigenvalue weighted by Crippen LogP contribution is -1.84. The number of pyridine rings is 1. The number of fused-ring (bicyclic) bond motifs is 1. The first-order chi connectivity index (χ1) is 7.27. The van der Waals surface area contributed by atoms with Crippen molar-refractivity contribution in [1.82, 2.24) is 4.98 Å². The van der Waals surface area contributed by atoms with Crippen LogP contribution in [-0.2, 0) is 0 Å². The normalized spacial score (nSPS) is 10.9. The zero-order valence-corrected chi connectivity index (χ0v) is 7.83. The van der Waals surface area contributed by atoms with Gasteiger partial charge in [0.2, 0.25) is 6.20 Å². The van der Waals surface area contributed by atoms with Crippen molar-refractivity contribution < 1.29 is 4.92 Å². The molecule has 0 aliphatic rings. The topological polar surface area (TPSA) is 56.0 Å². The lowest BCUT2D eigenvalue weighted by Gasteiger charge is -1.99. The van der Waals surface area contributed by atoms with Gasteiger partial charge in [0.05, 0.1) is 10.4 Å². The Morgan fingerprint density at radius 2 is 2.13 bits per heavy atom. The third-order valence-corrected chi connectivity index (χ3v) is 2.06. The van der Waals surface area contributed by atoms with Crippen LogP contribution < -0.4 is 0 Å². The van der Waals surface area contributed by atoms with Crippen LogP contribution in [-0.4, -0.2) is 9.91 Å². The molecule has 0 atom stereocenters. The second-order valence-electron chi connectivity index (χ2n) is 3.02. The molecule has 0 unspecified atom stereocenters. The summed E-state index contributed by atoms with van der Waals surface area (Å²) in [7, 11) is 0. The van der Waals surface area contributed by atoms with Gasteiger partial charge < -0.3 is 0 Å². The molecule has 0 aliphatic heterocycles. The number of rotatable bonds is 2. The second-order valence-corrected chi connectivity index (χ2v) is 3.02. The largest absolute Gasteiger partial charge is 0.259 e. The first kappa shape index (κ1) is 9.33. The van der Waals surface area contributed by atoms with Gasteiger partial charge in [-0.05, 0) is 17.7 Å². The van der Waals surface area contributed by atoms with Crippen molar-refractivity contribution in [2.75, 3.05) is 0 Å². The Hall–Kier alpha value is -2.23. The molecule has 2 rings (SSSR count). The van der Waals surface area contributed by atoms with Crippen molar-refractivity contribution >= 4 is 17.0 Å². The van der Waals surface area contributed by atoms with E-state index in [1.165, 1.54) is 6.08 Å². The minimum atomic E-state index is -0.477. The fourth-order valence-electron chi connectivity index (χ4n) is 1.41. The van der Waals surface area contributed by atoms with Crippen molar-refractivity contribution in [3.63, 3.8) is 0 Å². The quantitative estimate of drug-likeness (QED) is 0.552. The van der Waals surface area contributed by atoms with E-state index in [1.54, 1.807) is 6.20 Å². The summed E-state index contributed by atoms with van der Waals surface area (Å²) in [4.78, 5) is 13.9. The van der Waals surface area contributed by atoms with Gasteiger partial charge in [-0.25, -0.2) is 0 Å². The van der Waals surface area contributed by atoms with Crippen LogP contribution in [0.3, 0.4) is 0 Å². The highest BCUT2D eigenvalue weighted by molar-refractivity contribution is 5.87. The van der Waals surface area contributed by atoms with Gasteiger partial charge in [-0.3, -0.25) is 15.1 Å². The fraction of sp³-hybridized carbons (Fsp3) is 0. The van der Waals surface area contributed by atoms with E-state index in [-0.39, 0.29) is 0 Å². The van der Waals surface area contributed by atoms with Gasteiger partial charge in [0.1, 0.15) is 0 Å². The summed E-state index contributed by atoms with van der Waals surface area (Å²) in [5.41, 5.74) is 1.64. The number of hydrogen-bond acceptors (Lipinski definition) is 3. The summed E-state index contributed by atoms with van der Waals surface area (Å²) in [5.74, 6) is 0. The lowest BCUT2D eigenvalue weighted by atomic mass is 10.1. The maximum atomic E-state index is 10.2. The number of aromatic nitrogens is 1. The first-order valence-electron chi connectivity index (χ1n) is 4.43. The van der Waals surface area contributed by atoms with Crippen LogP contribution in [0.15, 0.2) is 42.7 Å². The van der Waals surface area contributed by atoms with Crippen LogP contribution in [0, 0.1) is 10.1 Å². The van der Waals surface area contributed by atoms with Gasteiger partial charge in [-0.1, -0.05) is 18.2 Å². The molecule has 2 aromatic rings. The molecular formula is C11H8N2O2. The summed E-state index contributed by atoms with van der Waals surface area (Å²) in [5, 5.41) is 11.1. The highest BCUT2D eigenvalue weighted by Gasteiger charge is 1.98. The number of hydrogen-bond donors (Lipinski definition) is 0. The number of nitro groups is 1. The predicted octanol–water partition coefficient (Wildman–Crippen LogP) is 2.48. The SMILES string of the molecule is O=[N+]([O-])C=Cc1cccc2ncccc12. The maximum Gasteiger partial charge on any atom is 0.235 e. The molecule has 0 amide bonds. The van der Waals surface area contributed by atoms with E-state index in [2.05, 4.69) is 4.98 Å². The molecule has 4 heteroatoms. The van der Waals surface area contributed by atoms with Crippen molar-refractivity contribution in [3.8, 4) is 0 Å². The fourth-order valence-corrected chi connectivity index (χ4v) is 1.41. The van der Waals surface area contributed by atoms with E-state index in [9.17, 15) is 10.1 Å². The third-order valence-electron chi connectivity index (χ3n) is 2.06. The smallest absolute Gasteiger partial charge is 0.235 e. The van der Waals surface area contributed by atoms with E-state index in [0.29, 0.717) is 0 Å². The highest BCUT2D eigenvalue weighted by atomic mass is 16.6. The maximum absolute atomic E-state index is 10.2. The predicted molar refractivity (Wildman–Crippen MR) is 57.8 cm³/mol. The van der Waals surface area contributed by atoms with E-state index in [4.69, 9.17) is 0 Å². The molecule has 74 valence electrons. The summed E-state index contributed by atoms with van der Waals surface area (Å²) < 4.78 is 0. The van der Waals surface area contributed by atoms with Crippen molar-refractivity contribution in [2.24, 2.45) is 0 Å². The van der Waals surface area contributed by atoms with Gasteiger partial charge in [0.25, 0.3) is 0 Å². The van der Waals surface area contributed by atoms with Gasteiger partial charge in [0, 0.05) is 17.7 Å². The Labute approximate surface area is 86.0 Å². The zero-order valence-electron chi connectivity index (χ0n) is 7.83. The molecule has 1 heterocycles. The van der Waals surface area contributed by atoms with Gasteiger partial charge >= 0.3 is 0 Å². The molecule has 0 saturated carbocycles. The van der Waals surface area contributed by atoms with Gasteiger partial charge in [-0.15, -0.1) is 0 Å². The molecule has 0 spiro atoms. The Bertz CT molecular complexity index is 530. The Morgan fingerprint density at radius 1 is 1.27 bits per heavy atom. The minimum Gasteiger partial charge on any atom is -0.259 e. The molecule has 4 nitrogen and oxygen atoms in total. The highest BCUT2D eigenvalue weighted by Crippen LogP contribution is 2.17. The minimum absolute atomic E-state index is 0.477. The molecular weight excluding hydrogens is 192 g/mol. The molecule has 0 saturated heterocycles. The molecule has 15 heavy (non-hydrogen) atoms. The summed E-state index contributed by atoms with van der Waals surface area (Å²) in [6, 6.07) is 9.23. The van der Waals surface area contributed by atoms with Crippen molar-refractivity contribution in [3.05, 3.63) is 58.4 Å². The van der Waals surface area contributed by atoms with E-state index < -0.39 is 4.92 Å². The summed E-state index contributed by atoms with van der Waals surface area (Å²) in [6.45, 7) is 0. The van der Waals surface area contributed by atoms with Crippen LogP contribution in [0.5, 0.6) is 0 Å². The van der Waals surface area contributed by atoms with Crippen LogP contribution in [0.4, 0.5) is 0 Å².